The van der Waals surface area contributed by atoms with Crippen molar-refractivity contribution in [3.8, 4) is 5.75 Å². The van der Waals surface area contributed by atoms with Crippen molar-refractivity contribution in [1.82, 2.24) is 4.98 Å². The van der Waals surface area contributed by atoms with Crippen LogP contribution in [0, 0.1) is 12.7 Å². The molecule has 2 atom stereocenters. The molecule has 2 N–H and O–H groups in total. The normalized spacial score (nSPS) is 22.4. The summed E-state index contributed by atoms with van der Waals surface area (Å²) >= 11 is 1.58. The van der Waals surface area contributed by atoms with E-state index in [1.54, 1.807) is 17.4 Å². The van der Waals surface area contributed by atoms with Crippen LogP contribution in [0.25, 0.3) is 0 Å². The van der Waals surface area contributed by atoms with Crippen LogP contribution in [0.1, 0.15) is 34.8 Å². The number of thiazole rings is 1. The average Bonchev–Trinajstić information content (AvgIpc) is 2.75. The summed E-state index contributed by atoms with van der Waals surface area (Å²) in [6, 6.07) is 4.36. The first kappa shape index (κ1) is 11.6. The highest BCUT2D eigenvalue weighted by Crippen LogP contribution is 2.39. The predicted molar refractivity (Wildman–Crippen MR) is 68.2 cm³/mol. The van der Waals surface area contributed by atoms with Crippen LogP contribution in [-0.4, -0.2) is 4.98 Å². The van der Waals surface area contributed by atoms with Gasteiger partial charge in [0.1, 0.15) is 17.7 Å². The van der Waals surface area contributed by atoms with Crippen LogP contribution >= 0.6 is 11.3 Å². The molecule has 0 saturated heterocycles. The first-order valence-electron chi connectivity index (χ1n) is 5.77. The van der Waals surface area contributed by atoms with Gasteiger partial charge in [-0.2, -0.15) is 0 Å². The van der Waals surface area contributed by atoms with Crippen molar-refractivity contribution >= 4 is 11.3 Å². The second-order valence-electron chi connectivity index (χ2n) is 4.42. The van der Waals surface area contributed by atoms with Crippen LogP contribution in [0.5, 0.6) is 5.75 Å². The number of aryl methyl sites for hydroxylation is 1. The van der Waals surface area contributed by atoms with Crippen LogP contribution in [0.3, 0.4) is 0 Å². The summed E-state index contributed by atoms with van der Waals surface area (Å²) < 4.78 is 19.0. The Hall–Kier alpha value is -1.46. The molecule has 2 aromatic rings. The average molecular weight is 264 g/mol. The van der Waals surface area contributed by atoms with Gasteiger partial charge < -0.3 is 10.5 Å². The molecule has 3 nitrogen and oxygen atoms in total. The van der Waals surface area contributed by atoms with Crippen molar-refractivity contribution in [3.05, 3.63) is 45.7 Å². The van der Waals surface area contributed by atoms with E-state index in [4.69, 9.17) is 10.5 Å². The Morgan fingerprint density at radius 1 is 1.50 bits per heavy atom. The number of aromatic nitrogens is 1. The number of benzene rings is 1. The van der Waals surface area contributed by atoms with Crippen LogP contribution in [0.15, 0.2) is 23.6 Å². The molecule has 18 heavy (non-hydrogen) atoms. The molecule has 0 fully saturated rings. The molecule has 1 aromatic carbocycles. The Morgan fingerprint density at radius 3 is 3.06 bits per heavy atom. The second kappa shape index (κ2) is 4.33. The van der Waals surface area contributed by atoms with E-state index in [-0.39, 0.29) is 18.0 Å². The van der Waals surface area contributed by atoms with Crippen molar-refractivity contribution in [2.75, 3.05) is 0 Å². The summed E-state index contributed by atoms with van der Waals surface area (Å²) in [5.41, 5.74) is 7.84. The summed E-state index contributed by atoms with van der Waals surface area (Å²) in [4.78, 5) is 4.41. The summed E-state index contributed by atoms with van der Waals surface area (Å²) in [5.74, 6) is 0.223. The summed E-state index contributed by atoms with van der Waals surface area (Å²) in [7, 11) is 0. The largest absolute Gasteiger partial charge is 0.484 e. The Balaban J connectivity index is 1.95. The number of nitrogens with two attached hydrogens (primary N) is 1. The number of halogens is 1. The lowest BCUT2D eigenvalue weighted by Gasteiger charge is -2.29. The van der Waals surface area contributed by atoms with Gasteiger partial charge in [-0.1, -0.05) is 6.07 Å². The SMILES string of the molecule is Cc1nc(C2CC(N)c3ccc(F)cc3O2)cs1. The third-order valence-electron chi connectivity index (χ3n) is 3.08. The van der Waals surface area contributed by atoms with Gasteiger partial charge in [0.2, 0.25) is 0 Å². The van der Waals surface area contributed by atoms with Gasteiger partial charge in [-0.05, 0) is 13.0 Å². The first-order valence-corrected chi connectivity index (χ1v) is 6.65. The topological polar surface area (TPSA) is 48.1 Å². The van der Waals surface area contributed by atoms with Crippen molar-refractivity contribution in [3.63, 3.8) is 0 Å². The standard InChI is InChI=1S/C13H13FN2OS/c1-7-16-11(6-18-7)13-5-10(15)9-3-2-8(14)4-12(9)17-13/h2-4,6,10,13H,5,15H2,1H3. The molecule has 94 valence electrons. The molecule has 3 rings (SSSR count). The van der Waals surface area contributed by atoms with Crippen molar-refractivity contribution in [2.45, 2.75) is 25.5 Å². The third kappa shape index (κ3) is 2.00. The maximum atomic E-state index is 13.2. The van der Waals surface area contributed by atoms with Gasteiger partial charge in [0.15, 0.2) is 0 Å². The number of nitrogens with zero attached hydrogens (tertiary/aromatic N) is 1. The van der Waals surface area contributed by atoms with E-state index in [9.17, 15) is 4.39 Å². The van der Waals surface area contributed by atoms with Gasteiger partial charge in [0.05, 0.1) is 10.7 Å². The molecule has 1 aromatic heterocycles. The minimum Gasteiger partial charge on any atom is -0.484 e. The summed E-state index contributed by atoms with van der Waals surface area (Å²) in [6.07, 6.45) is 0.487. The zero-order valence-corrected chi connectivity index (χ0v) is 10.7. The fourth-order valence-corrected chi connectivity index (χ4v) is 2.84. The smallest absolute Gasteiger partial charge is 0.143 e. The molecule has 0 aliphatic carbocycles. The Bertz CT molecular complexity index is 584. The van der Waals surface area contributed by atoms with Gasteiger partial charge >= 0.3 is 0 Å². The molecule has 0 radical (unpaired) electrons. The van der Waals surface area contributed by atoms with Gasteiger partial charge in [-0.15, -0.1) is 11.3 Å². The van der Waals surface area contributed by atoms with E-state index in [0.717, 1.165) is 16.3 Å². The lowest BCUT2D eigenvalue weighted by atomic mass is 9.96. The van der Waals surface area contributed by atoms with E-state index in [2.05, 4.69) is 4.98 Å². The van der Waals surface area contributed by atoms with Crippen LogP contribution < -0.4 is 10.5 Å². The molecule has 1 aliphatic rings. The minimum absolute atomic E-state index is 0.138. The summed E-state index contributed by atoms with van der Waals surface area (Å²) in [6.45, 7) is 1.95. The second-order valence-corrected chi connectivity index (χ2v) is 5.48. The first-order chi connectivity index (χ1) is 8.63. The highest BCUT2D eigenvalue weighted by Gasteiger charge is 2.28. The highest BCUT2D eigenvalue weighted by atomic mass is 32.1. The van der Waals surface area contributed by atoms with Crippen LogP contribution in [-0.2, 0) is 0 Å². The van der Waals surface area contributed by atoms with Crippen molar-refractivity contribution < 1.29 is 9.13 Å². The Morgan fingerprint density at radius 2 is 2.33 bits per heavy atom. The van der Waals surface area contributed by atoms with Crippen LogP contribution in [0.4, 0.5) is 4.39 Å². The van der Waals surface area contributed by atoms with Gasteiger partial charge in [0.25, 0.3) is 0 Å². The van der Waals surface area contributed by atoms with Crippen molar-refractivity contribution in [2.24, 2.45) is 5.73 Å². The van der Waals surface area contributed by atoms with Crippen LogP contribution in [0.2, 0.25) is 0 Å². The van der Waals surface area contributed by atoms with Gasteiger partial charge in [0, 0.05) is 29.5 Å². The van der Waals surface area contributed by atoms with E-state index in [1.807, 2.05) is 12.3 Å². The lowest BCUT2D eigenvalue weighted by Crippen LogP contribution is -2.24. The quantitative estimate of drug-likeness (QED) is 0.861. The monoisotopic (exact) mass is 264 g/mol. The number of hydrogen-bond donors (Lipinski definition) is 1. The maximum absolute atomic E-state index is 13.2. The fraction of sp³-hybridized carbons (Fsp3) is 0.308. The van der Waals surface area contributed by atoms with E-state index in [1.165, 1.54) is 12.1 Å². The molecule has 0 amide bonds. The molecule has 2 heterocycles. The summed E-state index contributed by atoms with van der Waals surface area (Å²) in [5, 5.41) is 2.96. The van der Waals surface area contributed by atoms with Gasteiger partial charge in [-0.25, -0.2) is 9.37 Å². The zero-order valence-electron chi connectivity index (χ0n) is 9.89. The number of ether oxygens (including phenoxy) is 1. The van der Waals surface area contributed by atoms with E-state index in [0.29, 0.717) is 12.2 Å². The minimum atomic E-state index is -0.309. The highest BCUT2D eigenvalue weighted by molar-refractivity contribution is 7.09. The molecule has 2 unspecified atom stereocenters. The molecular formula is C13H13FN2OS. The number of rotatable bonds is 1. The predicted octanol–water partition coefficient (Wildman–Crippen LogP) is 3.11. The zero-order chi connectivity index (χ0) is 12.7. The van der Waals surface area contributed by atoms with E-state index < -0.39 is 0 Å². The van der Waals surface area contributed by atoms with E-state index >= 15 is 0 Å². The molecule has 0 bridgehead atoms. The van der Waals surface area contributed by atoms with Crippen molar-refractivity contribution in [1.29, 1.82) is 0 Å². The molecule has 0 spiro atoms. The van der Waals surface area contributed by atoms with Gasteiger partial charge in [-0.3, -0.25) is 0 Å². The fourth-order valence-electron chi connectivity index (χ4n) is 2.18. The Labute approximate surface area is 108 Å². The molecule has 0 saturated carbocycles. The third-order valence-corrected chi connectivity index (χ3v) is 3.87. The lowest BCUT2D eigenvalue weighted by molar-refractivity contribution is 0.157. The Kier molecular flexibility index (Phi) is 2.80. The number of hydrogen-bond acceptors (Lipinski definition) is 4. The molecular weight excluding hydrogens is 251 g/mol. The maximum Gasteiger partial charge on any atom is 0.143 e. The molecule has 1 aliphatic heterocycles. The molecule has 5 heteroatoms. The number of fused-ring (bicyclic) bond motifs is 1.